The van der Waals surface area contributed by atoms with E-state index in [9.17, 15) is 18.0 Å². The lowest BCUT2D eigenvalue weighted by molar-refractivity contribution is -0.275. The molecule has 1 atom stereocenters. The number of carbonyl (C=O) groups is 1. The zero-order valence-electron chi connectivity index (χ0n) is 15.1. The van der Waals surface area contributed by atoms with E-state index in [1.807, 2.05) is 13.8 Å². The fourth-order valence-electron chi connectivity index (χ4n) is 2.39. The van der Waals surface area contributed by atoms with Gasteiger partial charge in [-0.05, 0) is 33.9 Å². The largest absolute Gasteiger partial charge is 0.573 e. The van der Waals surface area contributed by atoms with Crippen molar-refractivity contribution in [3.8, 4) is 5.75 Å². The van der Waals surface area contributed by atoms with Gasteiger partial charge in [-0.2, -0.15) is 0 Å². The maximum absolute atomic E-state index is 12.6. The first-order valence-electron chi connectivity index (χ1n) is 8.02. The van der Waals surface area contributed by atoms with E-state index in [1.165, 1.54) is 12.1 Å². The van der Waals surface area contributed by atoms with Gasteiger partial charge in [0.05, 0.1) is 6.04 Å². The summed E-state index contributed by atoms with van der Waals surface area (Å²) in [5.74, 6) is -0.349. The number of hydrogen-bond acceptors (Lipinski definition) is 3. The molecule has 25 heavy (non-hydrogen) atoms. The predicted molar refractivity (Wildman–Crippen MR) is 91.1 cm³/mol. The molecule has 140 valence electrons. The van der Waals surface area contributed by atoms with Crippen molar-refractivity contribution in [3.05, 3.63) is 42.0 Å². The van der Waals surface area contributed by atoms with Crippen molar-refractivity contribution in [2.24, 2.45) is 0 Å². The molecule has 7 heteroatoms. The third-order valence-electron chi connectivity index (χ3n) is 3.79. The van der Waals surface area contributed by atoms with Gasteiger partial charge in [-0.25, -0.2) is 0 Å². The van der Waals surface area contributed by atoms with Gasteiger partial charge in [-0.3, -0.25) is 9.69 Å². The van der Waals surface area contributed by atoms with Crippen molar-refractivity contribution < 1.29 is 22.7 Å². The number of alkyl halides is 3. The Morgan fingerprint density at radius 3 is 2.44 bits per heavy atom. The van der Waals surface area contributed by atoms with Crippen LogP contribution in [0.5, 0.6) is 5.75 Å². The Kier molecular flexibility index (Phi) is 7.48. The molecule has 0 aliphatic carbocycles. The summed E-state index contributed by atoms with van der Waals surface area (Å²) in [6.07, 6.45) is -4.75. The van der Waals surface area contributed by atoms with E-state index >= 15 is 0 Å². The number of carbonyl (C=O) groups excluding carboxylic acids is 1. The van der Waals surface area contributed by atoms with Gasteiger partial charge in [0.15, 0.2) is 0 Å². The summed E-state index contributed by atoms with van der Waals surface area (Å²) in [6, 6.07) is 5.45. The molecule has 0 aliphatic rings. The van der Waals surface area contributed by atoms with Crippen molar-refractivity contribution >= 4 is 5.91 Å². The second kappa shape index (κ2) is 8.89. The molecular weight excluding hydrogens is 333 g/mol. The molecule has 4 nitrogen and oxygen atoms in total. The van der Waals surface area contributed by atoms with E-state index in [2.05, 4.69) is 11.3 Å². The van der Waals surface area contributed by atoms with Gasteiger partial charge >= 0.3 is 6.36 Å². The molecule has 1 amide bonds. The lowest BCUT2D eigenvalue weighted by Crippen LogP contribution is -2.45. The van der Waals surface area contributed by atoms with Crippen LogP contribution in [-0.2, 0) is 11.3 Å². The van der Waals surface area contributed by atoms with E-state index in [-0.39, 0.29) is 18.2 Å². The van der Waals surface area contributed by atoms with Crippen LogP contribution in [0.25, 0.3) is 0 Å². The minimum atomic E-state index is -4.75. The summed E-state index contributed by atoms with van der Waals surface area (Å²) in [6.45, 7) is 10.4. The second-order valence-electron chi connectivity index (χ2n) is 6.06. The molecule has 1 aromatic rings. The Balaban J connectivity index is 2.86. The van der Waals surface area contributed by atoms with Crippen LogP contribution in [0, 0.1) is 0 Å². The molecule has 0 saturated heterocycles. The molecule has 0 aromatic heterocycles. The Bertz CT molecular complexity index is 602. The highest BCUT2D eigenvalue weighted by atomic mass is 19.4. The number of halogens is 3. The van der Waals surface area contributed by atoms with E-state index in [0.717, 1.165) is 5.57 Å². The first-order chi connectivity index (χ1) is 11.5. The fourth-order valence-corrected chi connectivity index (χ4v) is 2.39. The zero-order valence-corrected chi connectivity index (χ0v) is 15.1. The normalized spacial score (nSPS) is 12.8. The smallest absolute Gasteiger partial charge is 0.405 e. The monoisotopic (exact) mass is 358 g/mol. The zero-order chi connectivity index (χ0) is 19.2. The molecule has 0 N–H and O–H groups in total. The Hall–Kier alpha value is -2.02. The van der Waals surface area contributed by atoms with Crippen LogP contribution in [-0.4, -0.2) is 48.2 Å². The maximum Gasteiger partial charge on any atom is 0.573 e. The number of hydrogen-bond donors (Lipinski definition) is 0. The number of likely N-dealkylation sites (N-methyl/N-ethyl adjacent to an activating group) is 2. The number of rotatable bonds is 8. The van der Waals surface area contributed by atoms with Crippen molar-refractivity contribution in [2.45, 2.75) is 39.7 Å². The van der Waals surface area contributed by atoms with Gasteiger partial charge < -0.3 is 9.64 Å². The first-order valence-corrected chi connectivity index (χ1v) is 8.02. The minimum absolute atomic E-state index is 0.0952. The summed E-state index contributed by atoms with van der Waals surface area (Å²) >= 11 is 0. The van der Waals surface area contributed by atoms with Crippen molar-refractivity contribution in [3.63, 3.8) is 0 Å². The van der Waals surface area contributed by atoms with Crippen LogP contribution in [0.3, 0.4) is 0 Å². The van der Waals surface area contributed by atoms with Crippen molar-refractivity contribution in [1.29, 1.82) is 0 Å². The third-order valence-corrected chi connectivity index (χ3v) is 3.79. The van der Waals surface area contributed by atoms with Crippen LogP contribution in [0.2, 0.25) is 0 Å². The third kappa shape index (κ3) is 6.78. The molecule has 0 bridgehead atoms. The van der Waals surface area contributed by atoms with Crippen LogP contribution < -0.4 is 4.74 Å². The van der Waals surface area contributed by atoms with E-state index < -0.39 is 12.4 Å². The highest BCUT2D eigenvalue weighted by Gasteiger charge is 2.32. The average Bonchev–Trinajstić information content (AvgIpc) is 2.51. The summed E-state index contributed by atoms with van der Waals surface area (Å²) in [5.41, 5.74) is 1.24. The minimum Gasteiger partial charge on any atom is -0.405 e. The van der Waals surface area contributed by atoms with Gasteiger partial charge in [0.25, 0.3) is 0 Å². The topological polar surface area (TPSA) is 32.8 Å². The molecule has 0 aliphatic heterocycles. The van der Waals surface area contributed by atoms with E-state index in [0.29, 0.717) is 18.7 Å². The molecule has 1 aromatic carbocycles. The average molecular weight is 358 g/mol. The molecule has 0 fully saturated rings. The van der Waals surface area contributed by atoms with Gasteiger partial charge in [-0.15, -0.1) is 13.2 Å². The quantitative estimate of drug-likeness (QED) is 0.662. The SMILES string of the molecule is C=C(C)CN(CC)C(=O)[C@@H](C)N(C)Cc1ccccc1OC(F)(F)F. The Labute approximate surface area is 146 Å². The number of nitrogens with zero attached hydrogens (tertiary/aromatic N) is 2. The first kappa shape index (κ1) is 21.0. The number of amides is 1. The second-order valence-corrected chi connectivity index (χ2v) is 6.06. The number of benzene rings is 1. The predicted octanol–water partition coefficient (Wildman–Crippen LogP) is 3.83. The molecule has 0 spiro atoms. The number of para-hydroxylation sites is 1. The highest BCUT2D eigenvalue weighted by molar-refractivity contribution is 5.81. The van der Waals surface area contributed by atoms with Crippen molar-refractivity contribution in [2.75, 3.05) is 20.1 Å². The lowest BCUT2D eigenvalue weighted by atomic mass is 10.1. The van der Waals surface area contributed by atoms with Crippen LogP contribution in [0.1, 0.15) is 26.3 Å². The van der Waals surface area contributed by atoms with Gasteiger partial charge in [0, 0.05) is 25.2 Å². The van der Waals surface area contributed by atoms with Crippen LogP contribution >= 0.6 is 0 Å². The molecular formula is C18H25F3N2O2. The highest BCUT2D eigenvalue weighted by Crippen LogP contribution is 2.27. The fraction of sp³-hybridized carbons (Fsp3) is 0.500. The lowest BCUT2D eigenvalue weighted by Gasteiger charge is -2.30. The van der Waals surface area contributed by atoms with Crippen LogP contribution in [0.15, 0.2) is 36.4 Å². The summed E-state index contributed by atoms with van der Waals surface area (Å²) < 4.78 is 41.6. The van der Waals surface area contributed by atoms with Gasteiger partial charge in [0.1, 0.15) is 5.75 Å². The standard InChI is InChI=1S/C18H25F3N2O2/c1-6-23(11-13(2)3)17(24)14(4)22(5)12-15-9-7-8-10-16(15)25-18(19,20)21/h7-10,14H,2,6,11-12H2,1,3-5H3/t14-/m1/s1. The molecule has 1 rings (SSSR count). The van der Waals surface area contributed by atoms with Crippen molar-refractivity contribution in [1.82, 2.24) is 9.80 Å². The summed E-state index contributed by atoms with van der Waals surface area (Å²) in [7, 11) is 1.70. The Morgan fingerprint density at radius 2 is 1.92 bits per heavy atom. The molecule has 0 radical (unpaired) electrons. The van der Waals surface area contributed by atoms with Gasteiger partial charge in [0.2, 0.25) is 5.91 Å². The summed E-state index contributed by atoms with van der Waals surface area (Å²) in [4.78, 5) is 16.0. The van der Waals surface area contributed by atoms with Crippen LogP contribution in [0.4, 0.5) is 13.2 Å². The molecule has 0 unspecified atom stereocenters. The summed E-state index contributed by atoms with van der Waals surface area (Å²) in [5, 5.41) is 0. The van der Waals surface area contributed by atoms with E-state index in [4.69, 9.17) is 0 Å². The molecule has 0 heterocycles. The van der Waals surface area contributed by atoms with Gasteiger partial charge in [-0.1, -0.05) is 30.4 Å². The molecule has 0 saturated carbocycles. The Morgan fingerprint density at radius 1 is 1.32 bits per heavy atom. The van der Waals surface area contributed by atoms with E-state index in [1.54, 1.807) is 35.9 Å². The maximum atomic E-state index is 12.6. The number of ether oxygens (including phenoxy) is 1.